The van der Waals surface area contributed by atoms with Gasteiger partial charge in [-0.05, 0) is 18.8 Å². The van der Waals surface area contributed by atoms with Crippen LogP contribution in [0.25, 0.3) is 0 Å². The lowest BCUT2D eigenvalue weighted by Crippen LogP contribution is -2.61. The second kappa shape index (κ2) is 4.52. The van der Waals surface area contributed by atoms with Gasteiger partial charge in [0.25, 0.3) is 0 Å². The molecule has 0 saturated heterocycles. The minimum atomic E-state index is -0.270. The molecule has 0 heterocycles. The van der Waals surface area contributed by atoms with Crippen LogP contribution < -0.4 is 5.32 Å². The number of rotatable bonds is 4. The van der Waals surface area contributed by atoms with Crippen LogP contribution in [-0.2, 0) is 4.79 Å². The maximum Gasteiger partial charge on any atom is 0.220 e. The number of hydrogen-bond donors (Lipinski definition) is 2. The SMILES string of the molecule is CC(C)CCC(=O)NC1CC(O)C1(C)C. The molecule has 0 aromatic heterocycles. The molecule has 3 nitrogen and oxygen atoms in total. The normalized spacial score (nSPS) is 28.7. The highest BCUT2D eigenvalue weighted by molar-refractivity contribution is 5.76. The molecule has 2 atom stereocenters. The Kier molecular flexibility index (Phi) is 3.77. The first kappa shape index (κ1) is 12.5. The van der Waals surface area contributed by atoms with Crippen LogP contribution in [0.4, 0.5) is 0 Å². The van der Waals surface area contributed by atoms with Crippen molar-refractivity contribution >= 4 is 5.91 Å². The van der Waals surface area contributed by atoms with Crippen LogP contribution in [0, 0.1) is 11.3 Å². The molecule has 0 aromatic carbocycles. The zero-order valence-corrected chi connectivity index (χ0v) is 10.2. The van der Waals surface area contributed by atoms with Crippen molar-refractivity contribution in [3.05, 3.63) is 0 Å². The van der Waals surface area contributed by atoms with Crippen molar-refractivity contribution in [3.63, 3.8) is 0 Å². The van der Waals surface area contributed by atoms with E-state index in [2.05, 4.69) is 19.2 Å². The zero-order valence-electron chi connectivity index (χ0n) is 10.2. The van der Waals surface area contributed by atoms with Crippen molar-refractivity contribution in [1.82, 2.24) is 5.32 Å². The smallest absolute Gasteiger partial charge is 0.220 e. The van der Waals surface area contributed by atoms with E-state index in [1.165, 1.54) is 0 Å². The van der Waals surface area contributed by atoms with Gasteiger partial charge in [-0.3, -0.25) is 4.79 Å². The molecule has 15 heavy (non-hydrogen) atoms. The summed E-state index contributed by atoms with van der Waals surface area (Å²) in [7, 11) is 0. The van der Waals surface area contributed by atoms with Crippen molar-refractivity contribution in [3.8, 4) is 0 Å². The molecule has 1 amide bonds. The fourth-order valence-electron chi connectivity index (χ4n) is 1.83. The third-order valence-electron chi connectivity index (χ3n) is 3.50. The second-order valence-corrected chi connectivity index (χ2v) is 5.63. The van der Waals surface area contributed by atoms with E-state index in [4.69, 9.17) is 0 Å². The van der Waals surface area contributed by atoms with Gasteiger partial charge in [-0.25, -0.2) is 0 Å². The molecule has 0 spiro atoms. The zero-order chi connectivity index (χ0) is 11.6. The molecule has 0 radical (unpaired) electrons. The lowest BCUT2D eigenvalue weighted by molar-refractivity contribution is -0.129. The molecule has 0 aromatic rings. The third kappa shape index (κ3) is 2.94. The minimum Gasteiger partial charge on any atom is -0.392 e. The number of aliphatic hydroxyl groups is 1. The standard InChI is InChI=1S/C12H23NO2/c1-8(2)5-6-11(15)13-9-7-10(14)12(9,3)4/h8-10,14H,5-7H2,1-4H3,(H,13,15). The van der Waals surface area contributed by atoms with Gasteiger partial charge in [-0.2, -0.15) is 0 Å². The highest BCUT2D eigenvalue weighted by atomic mass is 16.3. The van der Waals surface area contributed by atoms with E-state index < -0.39 is 0 Å². The molecule has 3 heteroatoms. The van der Waals surface area contributed by atoms with Crippen molar-refractivity contribution < 1.29 is 9.90 Å². The van der Waals surface area contributed by atoms with Gasteiger partial charge in [0, 0.05) is 17.9 Å². The van der Waals surface area contributed by atoms with E-state index in [-0.39, 0.29) is 23.5 Å². The Morgan fingerprint density at radius 3 is 2.53 bits per heavy atom. The maximum atomic E-state index is 11.6. The summed E-state index contributed by atoms with van der Waals surface area (Å²) < 4.78 is 0. The first-order valence-corrected chi connectivity index (χ1v) is 5.81. The van der Waals surface area contributed by atoms with Crippen LogP contribution >= 0.6 is 0 Å². The molecule has 1 fully saturated rings. The quantitative estimate of drug-likeness (QED) is 0.746. The average Bonchev–Trinajstić information content (AvgIpc) is 2.14. The molecule has 1 aliphatic rings. The summed E-state index contributed by atoms with van der Waals surface area (Å²) in [5.41, 5.74) is -0.159. The van der Waals surface area contributed by atoms with Crippen LogP contribution in [0.2, 0.25) is 0 Å². The molecule has 0 aliphatic heterocycles. The Hall–Kier alpha value is -0.570. The molecule has 88 valence electrons. The summed E-state index contributed by atoms with van der Waals surface area (Å²) in [6.45, 7) is 8.22. The number of amides is 1. The molecule has 1 aliphatic carbocycles. The predicted molar refractivity (Wildman–Crippen MR) is 60.4 cm³/mol. The predicted octanol–water partition coefficient (Wildman–Crippen LogP) is 1.70. The second-order valence-electron chi connectivity index (χ2n) is 5.63. The van der Waals surface area contributed by atoms with Crippen LogP contribution in [0.1, 0.15) is 47.0 Å². The van der Waals surface area contributed by atoms with Crippen molar-refractivity contribution in [2.75, 3.05) is 0 Å². The molecular formula is C12H23NO2. The van der Waals surface area contributed by atoms with Gasteiger partial charge in [-0.1, -0.05) is 27.7 Å². The van der Waals surface area contributed by atoms with E-state index in [1.54, 1.807) is 0 Å². The summed E-state index contributed by atoms with van der Waals surface area (Å²) in [5.74, 6) is 0.685. The van der Waals surface area contributed by atoms with Gasteiger partial charge in [0.05, 0.1) is 6.10 Å². The Balaban J connectivity index is 2.28. The van der Waals surface area contributed by atoms with E-state index in [9.17, 15) is 9.90 Å². The molecule has 0 bridgehead atoms. The van der Waals surface area contributed by atoms with Crippen molar-refractivity contribution in [1.29, 1.82) is 0 Å². The third-order valence-corrected chi connectivity index (χ3v) is 3.50. The van der Waals surface area contributed by atoms with Crippen molar-refractivity contribution in [2.45, 2.75) is 59.1 Å². The van der Waals surface area contributed by atoms with Crippen LogP contribution in [0.5, 0.6) is 0 Å². The Bertz CT molecular complexity index is 236. The highest BCUT2D eigenvalue weighted by Crippen LogP contribution is 2.40. The van der Waals surface area contributed by atoms with Crippen molar-refractivity contribution in [2.24, 2.45) is 11.3 Å². The van der Waals surface area contributed by atoms with Gasteiger partial charge in [0.15, 0.2) is 0 Å². The molecule has 1 saturated carbocycles. The minimum absolute atomic E-state index is 0.119. The van der Waals surface area contributed by atoms with E-state index in [0.717, 1.165) is 6.42 Å². The molecule has 2 unspecified atom stereocenters. The van der Waals surface area contributed by atoms with Gasteiger partial charge < -0.3 is 10.4 Å². The molecule has 2 N–H and O–H groups in total. The van der Waals surface area contributed by atoms with Crippen LogP contribution in [-0.4, -0.2) is 23.2 Å². The number of aliphatic hydroxyl groups excluding tert-OH is 1. The largest absolute Gasteiger partial charge is 0.392 e. The Morgan fingerprint density at radius 1 is 1.53 bits per heavy atom. The first-order chi connectivity index (χ1) is 6.84. The monoisotopic (exact) mass is 213 g/mol. The number of hydrogen-bond acceptors (Lipinski definition) is 2. The summed E-state index contributed by atoms with van der Waals surface area (Å²) in [5, 5.41) is 12.5. The van der Waals surface area contributed by atoms with Crippen LogP contribution in [0.3, 0.4) is 0 Å². The van der Waals surface area contributed by atoms with Gasteiger partial charge >= 0.3 is 0 Å². The first-order valence-electron chi connectivity index (χ1n) is 5.81. The van der Waals surface area contributed by atoms with Gasteiger partial charge in [0.1, 0.15) is 0 Å². The average molecular weight is 213 g/mol. The highest BCUT2D eigenvalue weighted by Gasteiger charge is 2.47. The summed E-state index contributed by atoms with van der Waals surface area (Å²) in [6.07, 6.45) is 1.95. The summed E-state index contributed by atoms with van der Waals surface area (Å²) >= 11 is 0. The Morgan fingerprint density at radius 2 is 2.13 bits per heavy atom. The number of carbonyl (C=O) groups excluding carboxylic acids is 1. The maximum absolute atomic E-state index is 11.6. The number of carbonyl (C=O) groups is 1. The topological polar surface area (TPSA) is 49.3 Å². The Labute approximate surface area is 92.3 Å². The van der Waals surface area contributed by atoms with E-state index in [0.29, 0.717) is 18.8 Å². The van der Waals surface area contributed by atoms with E-state index in [1.807, 2.05) is 13.8 Å². The fraction of sp³-hybridized carbons (Fsp3) is 0.917. The lowest BCUT2D eigenvalue weighted by atomic mass is 9.64. The lowest BCUT2D eigenvalue weighted by Gasteiger charge is -2.49. The van der Waals surface area contributed by atoms with Gasteiger partial charge in [0.2, 0.25) is 5.91 Å². The van der Waals surface area contributed by atoms with Crippen LogP contribution in [0.15, 0.2) is 0 Å². The molecule has 1 rings (SSSR count). The number of nitrogens with one attached hydrogen (secondary N) is 1. The summed E-state index contributed by atoms with van der Waals surface area (Å²) in [6, 6.07) is 0.146. The fourth-order valence-corrected chi connectivity index (χ4v) is 1.83. The molecular weight excluding hydrogens is 190 g/mol. The van der Waals surface area contributed by atoms with Gasteiger partial charge in [-0.15, -0.1) is 0 Å². The summed E-state index contributed by atoms with van der Waals surface area (Å²) in [4.78, 5) is 11.6. The van der Waals surface area contributed by atoms with E-state index >= 15 is 0 Å².